The van der Waals surface area contributed by atoms with Gasteiger partial charge in [-0.25, -0.2) is 4.79 Å². The number of para-hydroxylation sites is 1. The van der Waals surface area contributed by atoms with Gasteiger partial charge in [-0.15, -0.1) is 0 Å². The zero-order valence-electron chi connectivity index (χ0n) is 12.0. The van der Waals surface area contributed by atoms with E-state index in [2.05, 4.69) is 0 Å². The maximum absolute atomic E-state index is 10.6. The lowest BCUT2D eigenvalue weighted by molar-refractivity contribution is -0.277. The van der Waals surface area contributed by atoms with Gasteiger partial charge in [0, 0.05) is 11.6 Å². The molecule has 0 spiro atoms. The first-order valence-corrected chi connectivity index (χ1v) is 6.91. The van der Waals surface area contributed by atoms with Crippen LogP contribution in [0.2, 0.25) is 0 Å². The molecule has 1 saturated heterocycles. The largest absolute Gasteiger partial charge is 0.478 e. The summed E-state index contributed by atoms with van der Waals surface area (Å²) in [5.41, 5.74) is 0.423. The van der Waals surface area contributed by atoms with Crippen LogP contribution in [0.3, 0.4) is 0 Å². The van der Waals surface area contributed by atoms with E-state index in [1.807, 2.05) is 0 Å². The van der Waals surface area contributed by atoms with Gasteiger partial charge in [0.2, 0.25) is 6.29 Å². The lowest BCUT2D eigenvalue weighted by Gasteiger charge is -2.39. The average Bonchev–Trinajstić information content (AvgIpc) is 2.54. The highest BCUT2D eigenvalue weighted by Crippen LogP contribution is 2.27. The number of aliphatic hydroxyl groups excluding tert-OH is 4. The highest BCUT2D eigenvalue weighted by Gasteiger charge is 2.44. The minimum atomic E-state index is -1.55. The predicted octanol–water partition coefficient (Wildman–Crippen LogP) is -1.04. The molecule has 1 heterocycles. The lowest BCUT2D eigenvalue weighted by atomic mass is 9.99. The second kappa shape index (κ2) is 7.53. The maximum atomic E-state index is 10.6. The minimum absolute atomic E-state index is 0.217. The molecule has 2 rings (SSSR count). The molecule has 1 fully saturated rings. The number of ether oxygens (including phenoxy) is 2. The molecule has 1 aromatic carbocycles. The Bertz CT molecular complexity index is 570. The first-order valence-electron chi connectivity index (χ1n) is 6.91. The first kappa shape index (κ1) is 17.4. The van der Waals surface area contributed by atoms with Crippen molar-refractivity contribution >= 4 is 12.0 Å². The van der Waals surface area contributed by atoms with Crippen LogP contribution in [0.1, 0.15) is 5.56 Å². The minimum Gasteiger partial charge on any atom is -0.478 e. The van der Waals surface area contributed by atoms with Crippen LogP contribution in [-0.4, -0.2) is 68.8 Å². The molecule has 8 nitrogen and oxygen atoms in total. The first-order chi connectivity index (χ1) is 10.9. The van der Waals surface area contributed by atoms with E-state index < -0.39 is 43.3 Å². The fourth-order valence-corrected chi connectivity index (χ4v) is 2.18. The van der Waals surface area contributed by atoms with Gasteiger partial charge in [0.05, 0.1) is 6.61 Å². The van der Waals surface area contributed by atoms with Crippen LogP contribution in [0.25, 0.3) is 6.08 Å². The summed E-state index contributed by atoms with van der Waals surface area (Å²) in [7, 11) is 0. The van der Waals surface area contributed by atoms with E-state index in [0.29, 0.717) is 5.56 Å². The van der Waals surface area contributed by atoms with E-state index in [-0.39, 0.29) is 5.75 Å². The summed E-state index contributed by atoms with van der Waals surface area (Å²) in [5.74, 6) is -0.915. The Labute approximate surface area is 131 Å². The van der Waals surface area contributed by atoms with E-state index in [0.717, 1.165) is 6.08 Å². The Balaban J connectivity index is 2.19. The van der Waals surface area contributed by atoms with E-state index in [1.54, 1.807) is 18.2 Å². The second-order valence-corrected chi connectivity index (χ2v) is 5.02. The zero-order chi connectivity index (χ0) is 17.0. The molecule has 23 heavy (non-hydrogen) atoms. The van der Waals surface area contributed by atoms with Crippen LogP contribution in [0.5, 0.6) is 5.75 Å². The fraction of sp³-hybridized carbons (Fsp3) is 0.400. The van der Waals surface area contributed by atoms with Gasteiger partial charge in [0.15, 0.2) is 0 Å². The summed E-state index contributed by atoms with van der Waals surface area (Å²) in [5, 5.41) is 47.2. The molecular weight excluding hydrogens is 308 g/mol. The summed E-state index contributed by atoms with van der Waals surface area (Å²) in [6.07, 6.45) is -4.74. The van der Waals surface area contributed by atoms with Crippen molar-refractivity contribution in [2.75, 3.05) is 6.61 Å². The number of rotatable bonds is 5. The monoisotopic (exact) mass is 326 g/mol. The second-order valence-electron chi connectivity index (χ2n) is 5.02. The van der Waals surface area contributed by atoms with Gasteiger partial charge in [0.25, 0.3) is 0 Å². The quantitative estimate of drug-likeness (QED) is 0.433. The third-order valence-electron chi connectivity index (χ3n) is 3.42. The van der Waals surface area contributed by atoms with Crippen molar-refractivity contribution in [3.05, 3.63) is 35.9 Å². The normalized spacial score (nSPS) is 31.2. The number of hydrogen-bond acceptors (Lipinski definition) is 7. The van der Waals surface area contributed by atoms with Gasteiger partial charge in [-0.1, -0.05) is 18.2 Å². The molecule has 0 aromatic heterocycles. The topological polar surface area (TPSA) is 137 Å². The molecule has 0 unspecified atom stereocenters. The molecule has 1 aliphatic heterocycles. The molecule has 5 atom stereocenters. The molecule has 1 aromatic rings. The van der Waals surface area contributed by atoms with Crippen LogP contribution in [0.15, 0.2) is 30.3 Å². The predicted molar refractivity (Wildman–Crippen MR) is 77.5 cm³/mol. The number of aliphatic carboxylic acids is 1. The summed E-state index contributed by atoms with van der Waals surface area (Å²) in [4.78, 5) is 10.6. The van der Waals surface area contributed by atoms with E-state index in [4.69, 9.17) is 19.7 Å². The lowest BCUT2D eigenvalue weighted by Crippen LogP contribution is -2.60. The molecule has 0 radical (unpaired) electrons. The molecular formula is C15H18O8. The van der Waals surface area contributed by atoms with Gasteiger partial charge in [-0.05, 0) is 12.1 Å². The highest BCUT2D eigenvalue weighted by atomic mass is 16.7. The fourth-order valence-electron chi connectivity index (χ4n) is 2.18. The molecule has 126 valence electrons. The van der Waals surface area contributed by atoms with Crippen molar-refractivity contribution in [2.24, 2.45) is 0 Å². The number of hydrogen-bond donors (Lipinski definition) is 5. The van der Waals surface area contributed by atoms with Gasteiger partial charge >= 0.3 is 5.97 Å². The van der Waals surface area contributed by atoms with E-state index in [9.17, 15) is 20.1 Å². The molecule has 0 bridgehead atoms. The molecule has 0 saturated carbocycles. The molecule has 0 aliphatic carbocycles. The molecule has 8 heteroatoms. The number of carboxylic acid groups (broad SMARTS) is 1. The number of aliphatic hydroxyl groups is 4. The van der Waals surface area contributed by atoms with Crippen LogP contribution >= 0.6 is 0 Å². The summed E-state index contributed by atoms with van der Waals surface area (Å²) < 4.78 is 10.7. The van der Waals surface area contributed by atoms with Crippen molar-refractivity contribution in [3.8, 4) is 5.75 Å². The number of benzene rings is 1. The standard InChI is InChI=1S/C15H18O8/c16-7-10-12(19)13(20)14(21)15(23-10)22-9-4-2-1-3-8(9)5-6-11(17)18/h1-6,10,12-16,19-21H,7H2,(H,17,18)/t10-,12-,13+,14-,15-/m1/s1. The van der Waals surface area contributed by atoms with Crippen molar-refractivity contribution in [2.45, 2.75) is 30.7 Å². The summed E-state index contributed by atoms with van der Waals surface area (Å²) in [6, 6.07) is 6.43. The summed E-state index contributed by atoms with van der Waals surface area (Å²) >= 11 is 0. The van der Waals surface area contributed by atoms with Crippen LogP contribution in [0.4, 0.5) is 0 Å². The SMILES string of the molecule is O=C(O)C=Cc1ccccc1O[C@@H]1O[C@H](CO)[C@@H](O)[C@H](O)[C@H]1O. The third kappa shape index (κ3) is 4.06. The van der Waals surface area contributed by atoms with Crippen LogP contribution < -0.4 is 4.74 Å². The van der Waals surface area contributed by atoms with E-state index in [1.165, 1.54) is 12.1 Å². The number of carbonyl (C=O) groups is 1. The summed E-state index contributed by atoms with van der Waals surface area (Å²) in [6.45, 7) is -0.564. The Morgan fingerprint density at radius 3 is 2.52 bits per heavy atom. The Kier molecular flexibility index (Phi) is 5.69. The van der Waals surface area contributed by atoms with Crippen molar-refractivity contribution in [1.82, 2.24) is 0 Å². The van der Waals surface area contributed by atoms with Crippen molar-refractivity contribution in [3.63, 3.8) is 0 Å². The van der Waals surface area contributed by atoms with Gasteiger partial charge < -0.3 is 35.0 Å². The molecule has 0 amide bonds. The van der Waals surface area contributed by atoms with Crippen molar-refractivity contribution < 1.29 is 39.8 Å². The maximum Gasteiger partial charge on any atom is 0.328 e. The smallest absolute Gasteiger partial charge is 0.328 e. The number of carboxylic acids is 1. The zero-order valence-corrected chi connectivity index (χ0v) is 12.0. The Morgan fingerprint density at radius 2 is 1.87 bits per heavy atom. The van der Waals surface area contributed by atoms with Crippen LogP contribution in [-0.2, 0) is 9.53 Å². The Hall–Kier alpha value is -1.97. The Morgan fingerprint density at radius 1 is 1.17 bits per heavy atom. The van der Waals surface area contributed by atoms with E-state index >= 15 is 0 Å². The highest BCUT2D eigenvalue weighted by molar-refractivity contribution is 5.85. The van der Waals surface area contributed by atoms with Gasteiger partial charge in [-0.2, -0.15) is 0 Å². The van der Waals surface area contributed by atoms with Gasteiger partial charge in [-0.3, -0.25) is 0 Å². The average molecular weight is 326 g/mol. The molecule has 5 N–H and O–H groups in total. The van der Waals surface area contributed by atoms with Crippen LogP contribution in [0, 0.1) is 0 Å². The molecule has 1 aliphatic rings. The van der Waals surface area contributed by atoms with Crippen molar-refractivity contribution in [1.29, 1.82) is 0 Å². The third-order valence-corrected chi connectivity index (χ3v) is 3.42. The van der Waals surface area contributed by atoms with Gasteiger partial charge in [0.1, 0.15) is 30.2 Å².